The topological polar surface area (TPSA) is 92.7 Å². The number of hydrogen-bond donors (Lipinski definition) is 2. The number of carbonyl (C=O) groups excluding carboxylic acids is 2. The van der Waals surface area contributed by atoms with Gasteiger partial charge in [-0.25, -0.2) is 13.2 Å². The molecule has 8 nitrogen and oxygen atoms in total. The zero-order chi connectivity index (χ0) is 26.7. The van der Waals surface area contributed by atoms with Crippen molar-refractivity contribution in [3.05, 3.63) is 111 Å². The van der Waals surface area contributed by atoms with E-state index >= 15 is 0 Å². The summed E-state index contributed by atoms with van der Waals surface area (Å²) in [5, 5.41) is 2.27. The molecule has 2 aromatic carbocycles. The van der Waals surface area contributed by atoms with Gasteiger partial charge in [0.2, 0.25) is 5.43 Å². The van der Waals surface area contributed by atoms with Crippen molar-refractivity contribution in [2.24, 2.45) is 0 Å². The number of nitrogens with one attached hydrogen (secondary N) is 2. The van der Waals surface area contributed by atoms with E-state index in [1.807, 2.05) is 0 Å². The third-order valence-electron chi connectivity index (χ3n) is 5.87. The molecule has 0 spiro atoms. The molecular weight excluding hydrogens is 489 g/mol. The molecule has 37 heavy (non-hydrogen) atoms. The number of halogens is 3. The van der Waals surface area contributed by atoms with Crippen molar-refractivity contribution in [2.75, 3.05) is 12.1 Å². The Hall–Kier alpha value is -4.54. The minimum absolute atomic E-state index is 0.0487. The molecule has 3 aromatic rings. The van der Waals surface area contributed by atoms with Gasteiger partial charge < -0.3 is 20.4 Å². The molecule has 0 bridgehead atoms. The van der Waals surface area contributed by atoms with Crippen molar-refractivity contribution in [1.82, 2.24) is 14.9 Å². The highest BCUT2D eigenvalue weighted by Gasteiger charge is 2.33. The number of aromatic nitrogens is 1. The molecule has 0 radical (unpaired) electrons. The van der Waals surface area contributed by atoms with Crippen LogP contribution in [-0.4, -0.2) is 34.1 Å². The summed E-state index contributed by atoms with van der Waals surface area (Å²) in [6.45, 7) is 4.78. The monoisotopic (exact) mass is 512 g/mol. The maximum atomic E-state index is 14.0. The second kappa shape index (κ2) is 10.6. The molecule has 1 aliphatic heterocycles. The van der Waals surface area contributed by atoms with Crippen LogP contribution in [0.15, 0.2) is 66.1 Å². The van der Waals surface area contributed by atoms with Crippen molar-refractivity contribution in [3.8, 4) is 5.75 Å². The van der Waals surface area contributed by atoms with Crippen LogP contribution in [-0.2, 0) is 13.2 Å². The lowest BCUT2D eigenvalue weighted by Crippen LogP contribution is -2.50. The average molecular weight is 512 g/mol. The van der Waals surface area contributed by atoms with Gasteiger partial charge in [-0.3, -0.25) is 19.1 Å². The first-order chi connectivity index (χ1) is 17.7. The Bertz CT molecular complexity index is 1400. The molecule has 2 N–H and O–H groups in total. The van der Waals surface area contributed by atoms with Crippen LogP contribution in [0.4, 0.5) is 13.2 Å². The van der Waals surface area contributed by atoms with E-state index in [-0.39, 0.29) is 30.8 Å². The predicted molar refractivity (Wildman–Crippen MR) is 129 cm³/mol. The molecule has 0 saturated heterocycles. The summed E-state index contributed by atoms with van der Waals surface area (Å²) >= 11 is 0. The maximum Gasteiger partial charge on any atom is 0.278 e. The fourth-order valence-electron chi connectivity index (χ4n) is 3.76. The average Bonchev–Trinajstić information content (AvgIpc) is 2.87. The largest absolute Gasteiger partial charge is 0.482 e. The Morgan fingerprint density at radius 2 is 1.86 bits per heavy atom. The van der Waals surface area contributed by atoms with Crippen LogP contribution in [0.25, 0.3) is 0 Å². The Morgan fingerprint density at radius 1 is 1.19 bits per heavy atom. The second-order valence-electron chi connectivity index (χ2n) is 8.29. The Labute approximate surface area is 209 Å². The van der Waals surface area contributed by atoms with Crippen LogP contribution in [0.1, 0.15) is 38.9 Å². The number of nitrogens with zero attached hydrogens (tertiary/aromatic N) is 2. The Morgan fingerprint density at radius 3 is 2.51 bits per heavy atom. The van der Waals surface area contributed by atoms with Gasteiger partial charge in [-0.1, -0.05) is 36.4 Å². The van der Waals surface area contributed by atoms with Gasteiger partial charge in [-0.05, 0) is 12.5 Å². The molecule has 2 heterocycles. The maximum absolute atomic E-state index is 14.0. The first kappa shape index (κ1) is 25.5. The number of carbonyl (C=O) groups is 2. The van der Waals surface area contributed by atoms with Gasteiger partial charge >= 0.3 is 0 Å². The molecule has 1 aliphatic rings. The van der Waals surface area contributed by atoms with Crippen molar-refractivity contribution in [3.63, 3.8) is 0 Å². The van der Waals surface area contributed by atoms with E-state index in [1.165, 1.54) is 9.58 Å². The summed E-state index contributed by atoms with van der Waals surface area (Å²) in [4.78, 5) is 41.0. The Kier molecular flexibility index (Phi) is 7.32. The molecular formula is C26H23F3N4O4. The number of hydrogen-bond acceptors (Lipinski definition) is 5. The molecule has 1 atom stereocenters. The van der Waals surface area contributed by atoms with E-state index in [9.17, 15) is 27.6 Å². The summed E-state index contributed by atoms with van der Waals surface area (Å²) in [6, 6.07) is 9.49. The van der Waals surface area contributed by atoms with Gasteiger partial charge in [-0.2, -0.15) is 0 Å². The van der Waals surface area contributed by atoms with Crippen molar-refractivity contribution in [1.29, 1.82) is 0 Å². The molecule has 2 amide bonds. The van der Waals surface area contributed by atoms with Crippen LogP contribution in [0.2, 0.25) is 0 Å². The molecule has 11 heteroatoms. The minimum atomic E-state index is -1.18. The first-order valence-electron chi connectivity index (χ1n) is 11.3. The number of benzene rings is 2. The lowest BCUT2D eigenvalue weighted by atomic mass is 10.1. The second-order valence-corrected chi connectivity index (χ2v) is 8.29. The first-order valence-corrected chi connectivity index (χ1v) is 11.3. The van der Waals surface area contributed by atoms with Gasteiger partial charge in [0.05, 0.1) is 0 Å². The summed E-state index contributed by atoms with van der Waals surface area (Å²) in [5.74, 6) is -5.33. The highest BCUT2D eigenvalue weighted by molar-refractivity contribution is 5.99. The minimum Gasteiger partial charge on any atom is -0.482 e. The lowest BCUT2D eigenvalue weighted by molar-refractivity contribution is 0.0685. The molecule has 0 fully saturated rings. The number of fused-ring (bicyclic) bond motifs is 1. The van der Waals surface area contributed by atoms with Crippen molar-refractivity contribution < 1.29 is 27.5 Å². The zero-order valence-electron chi connectivity index (χ0n) is 19.8. The number of amides is 2. The summed E-state index contributed by atoms with van der Waals surface area (Å²) in [6.07, 6.45) is 2.68. The highest BCUT2D eigenvalue weighted by Crippen LogP contribution is 2.23. The molecule has 0 unspecified atom stereocenters. The summed E-state index contributed by atoms with van der Waals surface area (Å²) in [7, 11) is 0. The van der Waals surface area contributed by atoms with Crippen LogP contribution < -0.4 is 20.9 Å². The lowest BCUT2D eigenvalue weighted by Gasteiger charge is -2.34. The third kappa shape index (κ3) is 5.20. The van der Waals surface area contributed by atoms with E-state index in [2.05, 4.69) is 17.3 Å². The third-order valence-corrected chi connectivity index (χ3v) is 5.87. The van der Waals surface area contributed by atoms with E-state index in [1.54, 1.807) is 43.3 Å². The van der Waals surface area contributed by atoms with Gasteiger partial charge in [0.1, 0.15) is 36.3 Å². The van der Waals surface area contributed by atoms with E-state index in [4.69, 9.17) is 4.74 Å². The van der Waals surface area contributed by atoms with Gasteiger partial charge in [0.25, 0.3) is 11.8 Å². The number of ether oxygens (including phenoxy) is 1. The van der Waals surface area contributed by atoms with E-state index in [0.717, 1.165) is 6.20 Å². The quantitative estimate of drug-likeness (QED) is 0.452. The Balaban J connectivity index is 1.70. The SMILES string of the molecule is C=C[C@H](C)N1CNn2cc(C(=O)NCc3c(F)cc(F)cc3F)c(=O)c(OCc3ccccc3)c2C1=O. The molecule has 0 aliphatic carbocycles. The smallest absolute Gasteiger partial charge is 0.278 e. The van der Waals surface area contributed by atoms with Crippen molar-refractivity contribution >= 4 is 11.8 Å². The van der Waals surface area contributed by atoms with Crippen LogP contribution in [0, 0.1) is 17.5 Å². The molecule has 192 valence electrons. The van der Waals surface area contributed by atoms with Crippen molar-refractivity contribution in [2.45, 2.75) is 26.1 Å². The number of pyridine rings is 1. The fourth-order valence-corrected chi connectivity index (χ4v) is 3.76. The van der Waals surface area contributed by atoms with Gasteiger partial charge in [-0.15, -0.1) is 6.58 Å². The predicted octanol–water partition coefficient (Wildman–Crippen LogP) is 3.31. The normalized spacial score (nSPS) is 13.4. The number of rotatable bonds is 8. The van der Waals surface area contributed by atoms with Crippen LogP contribution in [0.3, 0.4) is 0 Å². The van der Waals surface area contributed by atoms with Gasteiger partial charge in [0.15, 0.2) is 11.4 Å². The fraction of sp³-hybridized carbons (Fsp3) is 0.192. The summed E-state index contributed by atoms with van der Waals surface area (Å²) < 4.78 is 48.2. The molecule has 1 aromatic heterocycles. The van der Waals surface area contributed by atoms with Crippen LogP contribution >= 0.6 is 0 Å². The van der Waals surface area contributed by atoms with Crippen LogP contribution in [0.5, 0.6) is 5.75 Å². The zero-order valence-corrected chi connectivity index (χ0v) is 19.8. The van der Waals surface area contributed by atoms with E-state index in [0.29, 0.717) is 17.7 Å². The van der Waals surface area contributed by atoms with E-state index < -0.39 is 52.4 Å². The molecule has 4 rings (SSSR count). The van der Waals surface area contributed by atoms with Gasteiger partial charge in [0, 0.05) is 36.5 Å². The molecule has 0 saturated carbocycles. The highest BCUT2D eigenvalue weighted by atomic mass is 19.1. The summed E-state index contributed by atoms with van der Waals surface area (Å²) in [5.41, 5.74) is 1.64. The standard InChI is InChI=1S/C26H23F3N4O4/c1-3-15(2)32-14-31-33-12-19(25(35)30-11-18-20(28)9-17(27)10-21(18)29)23(34)24(22(33)26(32)36)37-13-16-7-5-4-6-8-16/h3-10,12,15,31H,1,11,13-14H2,2H3,(H,30,35)/t15-/m0/s1.